The van der Waals surface area contributed by atoms with Gasteiger partial charge in [-0.15, -0.1) is 25.3 Å². The monoisotopic (exact) mass is 633 g/mol. The van der Waals surface area contributed by atoms with E-state index in [1.54, 1.807) is 48.8 Å². The number of hydrogen-bond acceptors (Lipinski definition) is 10. The Balaban J connectivity index is 1.24. The number of esters is 2. The molecule has 11 heteroatoms. The van der Waals surface area contributed by atoms with Gasteiger partial charge in [0.2, 0.25) is 5.75 Å². The molecule has 0 saturated heterocycles. The van der Waals surface area contributed by atoms with E-state index in [4.69, 9.17) is 9.47 Å². The minimum atomic E-state index is -0.826. The first-order chi connectivity index (χ1) is 21.7. The molecule has 9 nitrogen and oxygen atoms in total. The Morgan fingerprint density at radius 1 is 0.622 bits per heavy atom. The molecule has 0 radical (unpaired) electrons. The van der Waals surface area contributed by atoms with Crippen molar-refractivity contribution in [3.8, 4) is 11.5 Å². The van der Waals surface area contributed by atoms with Crippen molar-refractivity contribution in [1.82, 2.24) is 0 Å². The van der Waals surface area contributed by atoms with E-state index >= 15 is 0 Å². The van der Waals surface area contributed by atoms with Gasteiger partial charge in [0.15, 0.2) is 0 Å². The van der Waals surface area contributed by atoms with Crippen LogP contribution in [0, 0.1) is 10.1 Å². The van der Waals surface area contributed by atoms with Crippen molar-refractivity contribution in [2.45, 2.75) is 9.79 Å². The summed E-state index contributed by atoms with van der Waals surface area (Å²) >= 11 is 8.50. The fourth-order valence-corrected chi connectivity index (χ4v) is 4.20. The van der Waals surface area contributed by atoms with Gasteiger partial charge in [0.05, 0.1) is 27.4 Å². The standard InChI is InChI=1S/C34H23N3O6S2/c38-33(24-5-1-22(2-6-24)20-35-26-9-14-29(44)15-10-26)42-28-13-18-31(37(40)41)32(19-28)43-34(39)25-7-3-23(4-8-25)21-36-27-11-16-30(45)17-12-27/h1-21,44-45H. The Bertz CT molecular complexity index is 1910. The number of thiol groups is 2. The quantitative estimate of drug-likeness (QED) is 0.0423. The molecule has 0 aliphatic rings. The fraction of sp³-hybridized carbons (Fsp3) is 0. The second-order valence-corrected chi connectivity index (χ2v) is 10.5. The van der Waals surface area contributed by atoms with E-state index in [-0.39, 0.29) is 22.6 Å². The number of benzene rings is 5. The van der Waals surface area contributed by atoms with Crippen LogP contribution in [0.4, 0.5) is 17.1 Å². The van der Waals surface area contributed by atoms with E-state index in [1.165, 1.54) is 18.2 Å². The molecule has 0 heterocycles. The number of carbonyl (C=O) groups is 2. The zero-order valence-electron chi connectivity index (χ0n) is 23.3. The van der Waals surface area contributed by atoms with Crippen LogP contribution in [0.15, 0.2) is 135 Å². The Morgan fingerprint density at radius 2 is 1.07 bits per heavy atom. The van der Waals surface area contributed by atoms with E-state index < -0.39 is 22.5 Å². The summed E-state index contributed by atoms with van der Waals surface area (Å²) in [5.74, 6) is -1.93. The van der Waals surface area contributed by atoms with Gasteiger partial charge in [-0.05, 0) is 90.0 Å². The lowest BCUT2D eigenvalue weighted by Gasteiger charge is -2.09. The lowest BCUT2D eigenvalue weighted by atomic mass is 10.1. The highest BCUT2D eigenvalue weighted by molar-refractivity contribution is 7.80. The Morgan fingerprint density at radius 3 is 1.51 bits per heavy atom. The Kier molecular flexibility index (Phi) is 9.83. The van der Waals surface area contributed by atoms with Gasteiger partial charge in [-0.3, -0.25) is 20.1 Å². The van der Waals surface area contributed by atoms with Crippen molar-refractivity contribution in [2.24, 2.45) is 9.98 Å². The first kappa shape index (κ1) is 30.9. The van der Waals surface area contributed by atoms with Crippen LogP contribution in [0.2, 0.25) is 0 Å². The molecule has 0 atom stereocenters. The number of nitro benzene ring substituents is 1. The van der Waals surface area contributed by atoms with Crippen LogP contribution in [-0.4, -0.2) is 29.3 Å². The van der Waals surface area contributed by atoms with Crippen LogP contribution in [0.5, 0.6) is 11.5 Å². The van der Waals surface area contributed by atoms with Crippen molar-refractivity contribution in [3.05, 3.63) is 148 Å². The number of hydrogen-bond donors (Lipinski definition) is 2. The third kappa shape index (κ3) is 8.53. The molecule has 45 heavy (non-hydrogen) atoms. The van der Waals surface area contributed by atoms with Gasteiger partial charge < -0.3 is 9.47 Å². The third-order valence-electron chi connectivity index (χ3n) is 6.26. The summed E-state index contributed by atoms with van der Waals surface area (Å²) in [6, 6.07) is 31.0. The Hall–Kier alpha value is -5.52. The SMILES string of the molecule is O=C(Oc1ccc([N+](=O)[O-])c(OC(=O)c2ccc(C=Nc3ccc(S)cc3)cc2)c1)c1ccc(C=Nc2ccc(S)cc2)cc1. The highest BCUT2D eigenvalue weighted by Gasteiger charge is 2.21. The van der Waals surface area contributed by atoms with Gasteiger partial charge >= 0.3 is 17.6 Å². The van der Waals surface area contributed by atoms with E-state index in [9.17, 15) is 19.7 Å². The zero-order valence-corrected chi connectivity index (χ0v) is 25.1. The number of nitro groups is 1. The average Bonchev–Trinajstić information content (AvgIpc) is 3.04. The van der Waals surface area contributed by atoms with Crippen molar-refractivity contribution in [2.75, 3.05) is 0 Å². The van der Waals surface area contributed by atoms with Gasteiger partial charge in [0, 0.05) is 34.4 Å². The molecular weight excluding hydrogens is 611 g/mol. The molecule has 222 valence electrons. The molecule has 5 rings (SSSR count). The van der Waals surface area contributed by atoms with E-state index in [1.807, 2.05) is 48.5 Å². The minimum absolute atomic E-state index is 0.0378. The maximum absolute atomic E-state index is 12.8. The number of rotatable bonds is 9. The van der Waals surface area contributed by atoms with Crippen molar-refractivity contribution < 1.29 is 24.0 Å². The highest BCUT2D eigenvalue weighted by Crippen LogP contribution is 2.32. The minimum Gasteiger partial charge on any atom is -0.423 e. The van der Waals surface area contributed by atoms with Crippen molar-refractivity contribution in [3.63, 3.8) is 0 Å². The third-order valence-corrected chi connectivity index (χ3v) is 6.86. The molecule has 0 N–H and O–H groups in total. The van der Waals surface area contributed by atoms with Gasteiger partial charge in [-0.2, -0.15) is 0 Å². The van der Waals surface area contributed by atoms with Crippen LogP contribution in [0.3, 0.4) is 0 Å². The molecule has 0 fully saturated rings. The summed E-state index contributed by atoms with van der Waals surface area (Å²) in [5.41, 5.74) is 2.91. The molecule has 5 aromatic carbocycles. The molecule has 0 bridgehead atoms. The molecule has 0 amide bonds. The van der Waals surface area contributed by atoms with Gasteiger partial charge in [0.25, 0.3) is 0 Å². The largest absolute Gasteiger partial charge is 0.423 e. The Labute approximate surface area is 268 Å². The van der Waals surface area contributed by atoms with Gasteiger partial charge in [0.1, 0.15) is 5.75 Å². The van der Waals surface area contributed by atoms with Crippen LogP contribution in [0.1, 0.15) is 31.8 Å². The zero-order chi connectivity index (χ0) is 31.8. The molecule has 0 spiro atoms. The summed E-state index contributed by atoms with van der Waals surface area (Å²) in [6.45, 7) is 0. The lowest BCUT2D eigenvalue weighted by Crippen LogP contribution is -2.11. The summed E-state index contributed by atoms with van der Waals surface area (Å²) in [5, 5.41) is 11.6. The van der Waals surface area contributed by atoms with Crippen LogP contribution in [0.25, 0.3) is 0 Å². The molecular formula is C34H23N3O6S2. The smallest absolute Gasteiger partial charge is 0.343 e. The number of nitrogens with zero attached hydrogens (tertiary/aromatic N) is 3. The first-order valence-electron chi connectivity index (χ1n) is 13.3. The molecule has 0 aliphatic heterocycles. The second-order valence-electron chi connectivity index (χ2n) is 9.46. The molecule has 0 aromatic heterocycles. The van der Waals surface area contributed by atoms with Crippen molar-refractivity contribution in [1.29, 1.82) is 0 Å². The maximum Gasteiger partial charge on any atom is 0.343 e. The lowest BCUT2D eigenvalue weighted by molar-refractivity contribution is -0.385. The maximum atomic E-state index is 12.8. The topological polar surface area (TPSA) is 120 Å². The molecule has 0 unspecified atom stereocenters. The number of carbonyl (C=O) groups excluding carboxylic acids is 2. The van der Waals surface area contributed by atoms with E-state index in [0.717, 1.165) is 44.4 Å². The summed E-state index contributed by atoms with van der Waals surface area (Å²) in [7, 11) is 0. The predicted molar refractivity (Wildman–Crippen MR) is 178 cm³/mol. The van der Waals surface area contributed by atoms with Crippen LogP contribution < -0.4 is 9.47 Å². The van der Waals surface area contributed by atoms with Crippen LogP contribution >= 0.6 is 25.3 Å². The number of aliphatic imine (C=N–C) groups is 2. The first-order valence-corrected chi connectivity index (χ1v) is 14.2. The van der Waals surface area contributed by atoms with Gasteiger partial charge in [-0.25, -0.2) is 9.59 Å². The van der Waals surface area contributed by atoms with Gasteiger partial charge in [-0.1, -0.05) is 24.3 Å². The normalized spacial score (nSPS) is 11.1. The predicted octanol–water partition coefficient (Wildman–Crippen LogP) is 8.11. The molecule has 5 aromatic rings. The van der Waals surface area contributed by atoms with E-state index in [2.05, 4.69) is 35.2 Å². The number of ether oxygens (including phenoxy) is 2. The highest BCUT2D eigenvalue weighted by atomic mass is 32.1. The fourth-order valence-electron chi connectivity index (χ4n) is 3.90. The average molecular weight is 634 g/mol. The van der Waals surface area contributed by atoms with E-state index in [0.29, 0.717) is 0 Å². The summed E-state index contributed by atoms with van der Waals surface area (Å²) < 4.78 is 10.8. The molecule has 0 saturated carbocycles. The van der Waals surface area contributed by atoms with Crippen LogP contribution in [-0.2, 0) is 0 Å². The second kappa shape index (κ2) is 14.3. The molecule has 0 aliphatic carbocycles. The summed E-state index contributed by atoms with van der Waals surface area (Å²) in [4.78, 5) is 47.0. The van der Waals surface area contributed by atoms with Crippen molar-refractivity contribution >= 4 is 66.7 Å². The summed E-state index contributed by atoms with van der Waals surface area (Å²) in [6.07, 6.45) is 3.29.